The van der Waals surface area contributed by atoms with Gasteiger partial charge in [-0.2, -0.15) is 0 Å². The van der Waals surface area contributed by atoms with Crippen LogP contribution in [0.1, 0.15) is 19.8 Å². The quantitative estimate of drug-likeness (QED) is 0.652. The number of nitrogens with two attached hydrogens (primary N) is 1. The minimum atomic E-state index is 0. The summed E-state index contributed by atoms with van der Waals surface area (Å²) < 4.78 is 0. The third-order valence-corrected chi connectivity index (χ3v) is 3.69. The Morgan fingerprint density at radius 2 is 1.40 bits per heavy atom. The van der Waals surface area contributed by atoms with E-state index >= 15 is 0 Å². The van der Waals surface area contributed by atoms with Gasteiger partial charge in [-0.25, -0.2) is 4.98 Å². The van der Waals surface area contributed by atoms with Crippen LogP contribution in [-0.2, 0) is 0 Å². The fraction of sp³-hybridized carbons (Fsp3) is 0.350. The molecule has 3 nitrogen and oxygen atoms in total. The van der Waals surface area contributed by atoms with Gasteiger partial charge in [-0.1, -0.05) is 36.4 Å². The highest BCUT2D eigenvalue weighted by molar-refractivity contribution is 5.92. The number of para-hydroxylation sites is 2. The molecule has 2 aromatic carbocycles. The van der Waals surface area contributed by atoms with Crippen molar-refractivity contribution in [2.45, 2.75) is 25.8 Å². The van der Waals surface area contributed by atoms with Crippen LogP contribution in [0.3, 0.4) is 0 Å². The minimum Gasteiger partial charge on any atom is -0.328 e. The Kier molecular flexibility index (Phi) is 11.4. The zero-order valence-corrected chi connectivity index (χ0v) is 16.8. The van der Waals surface area contributed by atoms with Gasteiger partial charge in [0.25, 0.3) is 0 Å². The van der Waals surface area contributed by atoms with Crippen LogP contribution in [0, 0.1) is 0 Å². The van der Waals surface area contributed by atoms with Gasteiger partial charge in [0.15, 0.2) is 0 Å². The van der Waals surface area contributed by atoms with Gasteiger partial charge in [0.2, 0.25) is 0 Å². The lowest BCUT2D eigenvalue weighted by atomic mass is 10.1. The minimum absolute atomic E-state index is 0. The van der Waals surface area contributed by atoms with E-state index < -0.39 is 0 Å². The van der Waals surface area contributed by atoms with E-state index in [-0.39, 0.29) is 24.8 Å². The molecule has 0 saturated heterocycles. The second-order valence-electron chi connectivity index (χ2n) is 6.30. The van der Waals surface area contributed by atoms with Crippen LogP contribution >= 0.6 is 24.8 Å². The van der Waals surface area contributed by atoms with E-state index in [4.69, 9.17) is 5.73 Å². The Bertz CT molecular complexity index is 632. The lowest BCUT2D eigenvalue weighted by Gasteiger charge is -2.09. The molecule has 1 heterocycles. The standard InChI is InChI=1S/C13H9N.C7H18N2.2ClH/c1-3-7-12-10(5-1)9-11-6-2-4-8-13(11)14-12;1-7(8)5-4-6-9(2)3;;/h1-9H;7H,4-6,8H2,1-3H3;2*1H. The number of fused-ring (bicyclic) bond motifs is 2. The Labute approximate surface area is 163 Å². The lowest BCUT2D eigenvalue weighted by molar-refractivity contribution is 0.387. The lowest BCUT2D eigenvalue weighted by Crippen LogP contribution is -2.19. The Hall–Kier alpha value is -1.39. The van der Waals surface area contributed by atoms with Gasteiger partial charge in [0.1, 0.15) is 0 Å². The van der Waals surface area contributed by atoms with Crippen molar-refractivity contribution in [1.29, 1.82) is 0 Å². The summed E-state index contributed by atoms with van der Waals surface area (Å²) in [7, 11) is 4.17. The molecule has 0 fully saturated rings. The number of hydrogen-bond acceptors (Lipinski definition) is 3. The summed E-state index contributed by atoms with van der Waals surface area (Å²) in [5.74, 6) is 0. The highest BCUT2D eigenvalue weighted by Crippen LogP contribution is 2.18. The summed E-state index contributed by atoms with van der Waals surface area (Å²) in [4.78, 5) is 6.76. The van der Waals surface area contributed by atoms with Crippen molar-refractivity contribution in [3.63, 3.8) is 0 Å². The first-order valence-corrected chi connectivity index (χ1v) is 8.21. The molecule has 0 amide bonds. The molecule has 1 unspecified atom stereocenters. The molecular weight excluding hydrogens is 353 g/mol. The van der Waals surface area contributed by atoms with Crippen LogP contribution in [-0.4, -0.2) is 36.6 Å². The first-order valence-electron chi connectivity index (χ1n) is 8.21. The summed E-state index contributed by atoms with van der Waals surface area (Å²) in [6, 6.07) is 18.9. The van der Waals surface area contributed by atoms with Crippen molar-refractivity contribution in [2.75, 3.05) is 20.6 Å². The van der Waals surface area contributed by atoms with E-state index in [0.29, 0.717) is 6.04 Å². The van der Waals surface area contributed by atoms with Crippen molar-refractivity contribution >= 4 is 46.6 Å². The molecule has 2 N–H and O–H groups in total. The summed E-state index contributed by atoms with van der Waals surface area (Å²) in [6.07, 6.45) is 2.35. The van der Waals surface area contributed by atoms with Crippen molar-refractivity contribution < 1.29 is 0 Å². The maximum Gasteiger partial charge on any atom is 0.0709 e. The van der Waals surface area contributed by atoms with Crippen LogP contribution in [0.2, 0.25) is 0 Å². The molecule has 138 valence electrons. The van der Waals surface area contributed by atoms with E-state index in [0.717, 1.165) is 24.0 Å². The van der Waals surface area contributed by atoms with Gasteiger partial charge >= 0.3 is 0 Å². The van der Waals surface area contributed by atoms with Crippen molar-refractivity contribution in [1.82, 2.24) is 9.88 Å². The van der Waals surface area contributed by atoms with Gasteiger partial charge in [0.05, 0.1) is 11.0 Å². The van der Waals surface area contributed by atoms with Crippen molar-refractivity contribution in [2.24, 2.45) is 5.73 Å². The number of pyridine rings is 1. The molecule has 0 aliphatic carbocycles. The zero-order chi connectivity index (χ0) is 16.7. The SMILES string of the molecule is CC(N)CCCN(C)C.Cl.Cl.c1ccc2nc3ccccc3cc2c1. The molecule has 3 rings (SSSR count). The third kappa shape index (κ3) is 8.02. The second kappa shape index (κ2) is 12.0. The third-order valence-electron chi connectivity index (χ3n) is 3.69. The van der Waals surface area contributed by atoms with Crippen LogP contribution in [0.4, 0.5) is 0 Å². The Morgan fingerprint density at radius 1 is 0.920 bits per heavy atom. The average Bonchev–Trinajstić information content (AvgIpc) is 2.52. The van der Waals surface area contributed by atoms with Crippen molar-refractivity contribution in [3.05, 3.63) is 54.6 Å². The predicted octanol–water partition coefficient (Wildman–Crippen LogP) is 4.91. The molecular formula is C20H29Cl2N3. The highest BCUT2D eigenvalue weighted by atomic mass is 35.5. The fourth-order valence-electron chi connectivity index (χ4n) is 2.45. The van der Waals surface area contributed by atoms with Gasteiger partial charge in [-0.05, 0) is 58.6 Å². The molecule has 1 atom stereocenters. The summed E-state index contributed by atoms with van der Waals surface area (Å²) in [5, 5.41) is 2.40. The van der Waals surface area contributed by atoms with Crippen molar-refractivity contribution in [3.8, 4) is 0 Å². The monoisotopic (exact) mass is 381 g/mol. The number of rotatable bonds is 4. The molecule has 3 aromatic rings. The fourth-order valence-corrected chi connectivity index (χ4v) is 2.45. The molecule has 1 aromatic heterocycles. The maximum atomic E-state index is 5.56. The van der Waals surface area contributed by atoms with Gasteiger partial charge in [-0.15, -0.1) is 24.8 Å². The van der Waals surface area contributed by atoms with Gasteiger partial charge in [0, 0.05) is 16.8 Å². The maximum absolute atomic E-state index is 5.56. The molecule has 0 spiro atoms. The molecule has 0 saturated carbocycles. The Balaban J connectivity index is 0.000000469. The molecule has 0 bridgehead atoms. The normalized spacial score (nSPS) is 11.2. The first-order chi connectivity index (χ1) is 11.1. The summed E-state index contributed by atoms with van der Waals surface area (Å²) >= 11 is 0. The van der Waals surface area contributed by atoms with Crippen LogP contribution in [0.5, 0.6) is 0 Å². The highest BCUT2D eigenvalue weighted by Gasteiger charge is 1.96. The van der Waals surface area contributed by atoms with E-state index in [1.807, 2.05) is 36.4 Å². The summed E-state index contributed by atoms with van der Waals surface area (Å²) in [6.45, 7) is 3.21. The topological polar surface area (TPSA) is 42.1 Å². The van der Waals surface area contributed by atoms with E-state index in [2.05, 4.69) is 49.1 Å². The zero-order valence-electron chi connectivity index (χ0n) is 15.2. The number of hydrogen-bond donors (Lipinski definition) is 1. The molecule has 0 radical (unpaired) electrons. The second-order valence-corrected chi connectivity index (χ2v) is 6.30. The largest absolute Gasteiger partial charge is 0.328 e. The van der Waals surface area contributed by atoms with E-state index in [1.165, 1.54) is 17.2 Å². The van der Waals surface area contributed by atoms with Crippen LogP contribution in [0.15, 0.2) is 54.6 Å². The number of aromatic nitrogens is 1. The van der Waals surface area contributed by atoms with Gasteiger partial charge < -0.3 is 10.6 Å². The average molecular weight is 382 g/mol. The van der Waals surface area contributed by atoms with Gasteiger partial charge in [-0.3, -0.25) is 0 Å². The molecule has 5 heteroatoms. The molecule has 0 aliphatic heterocycles. The smallest absolute Gasteiger partial charge is 0.0709 e. The number of halogens is 2. The first kappa shape index (κ1) is 23.6. The summed E-state index contributed by atoms with van der Waals surface area (Å²) in [5.41, 5.74) is 7.68. The number of benzene rings is 2. The van der Waals surface area contributed by atoms with Crippen LogP contribution < -0.4 is 5.73 Å². The molecule has 0 aliphatic rings. The van der Waals surface area contributed by atoms with E-state index in [9.17, 15) is 0 Å². The van der Waals surface area contributed by atoms with Crippen LogP contribution in [0.25, 0.3) is 21.8 Å². The van der Waals surface area contributed by atoms with E-state index in [1.54, 1.807) is 0 Å². The number of nitrogens with zero attached hydrogens (tertiary/aromatic N) is 2. The molecule has 25 heavy (non-hydrogen) atoms. The predicted molar refractivity (Wildman–Crippen MR) is 115 cm³/mol. The Morgan fingerprint density at radius 3 is 1.84 bits per heavy atom.